The molecule has 1 aliphatic rings. The van der Waals surface area contributed by atoms with Gasteiger partial charge in [0.25, 0.3) is 5.91 Å². The van der Waals surface area contributed by atoms with Crippen molar-refractivity contribution in [2.24, 2.45) is 4.99 Å². The van der Waals surface area contributed by atoms with Crippen molar-refractivity contribution in [1.82, 2.24) is 5.32 Å². The van der Waals surface area contributed by atoms with Crippen LogP contribution in [-0.4, -0.2) is 24.8 Å². The summed E-state index contributed by atoms with van der Waals surface area (Å²) in [6.07, 6.45) is 2.00. The molecule has 0 aromatic heterocycles. The Bertz CT molecular complexity index is 428. The molecule has 1 heterocycles. The summed E-state index contributed by atoms with van der Waals surface area (Å²) in [5, 5.41) is 5.64. The first-order chi connectivity index (χ1) is 8.25. The number of rotatable bonds is 2. The maximum Gasteiger partial charge on any atom is 0.290 e. The predicted molar refractivity (Wildman–Crippen MR) is 64.6 cm³/mol. The molecule has 1 aromatic carbocycles. The maximum atomic E-state index is 12.7. The molecule has 1 amide bonds. The fraction of sp³-hybridized carbons (Fsp3) is 0.333. The molecule has 2 N–H and O–H groups in total. The Morgan fingerprint density at radius 3 is 2.82 bits per heavy atom. The van der Waals surface area contributed by atoms with E-state index in [4.69, 9.17) is 0 Å². The van der Waals surface area contributed by atoms with Crippen LogP contribution < -0.4 is 10.6 Å². The van der Waals surface area contributed by atoms with Crippen molar-refractivity contribution in [3.63, 3.8) is 0 Å². The van der Waals surface area contributed by atoms with Crippen LogP contribution in [0.15, 0.2) is 29.3 Å². The van der Waals surface area contributed by atoms with Crippen molar-refractivity contribution in [3.8, 4) is 0 Å². The molecule has 0 aliphatic carbocycles. The summed E-state index contributed by atoms with van der Waals surface area (Å²) in [5.41, 5.74) is 0.560. The van der Waals surface area contributed by atoms with Crippen molar-refractivity contribution in [2.45, 2.75) is 12.8 Å². The minimum atomic E-state index is -0.326. The fourth-order valence-corrected chi connectivity index (χ4v) is 1.57. The molecule has 0 atom stereocenters. The number of hydrogen-bond acceptors (Lipinski definition) is 3. The number of amides is 1. The van der Waals surface area contributed by atoms with Gasteiger partial charge < -0.3 is 10.6 Å². The number of hydrogen-bond donors (Lipinski definition) is 2. The molecule has 0 bridgehead atoms. The number of aliphatic imine (C=N–C) groups is 1. The fourth-order valence-electron chi connectivity index (χ4n) is 1.57. The van der Waals surface area contributed by atoms with Crippen LogP contribution in [0.1, 0.15) is 12.8 Å². The van der Waals surface area contributed by atoms with E-state index in [0.29, 0.717) is 18.1 Å². The third-order valence-electron chi connectivity index (χ3n) is 2.46. The zero-order chi connectivity index (χ0) is 12.1. The summed E-state index contributed by atoms with van der Waals surface area (Å²) >= 11 is 0. The van der Waals surface area contributed by atoms with Crippen LogP contribution in [0.25, 0.3) is 0 Å². The maximum absolute atomic E-state index is 12.7. The molecule has 5 heteroatoms. The highest BCUT2D eigenvalue weighted by molar-refractivity contribution is 6.42. The summed E-state index contributed by atoms with van der Waals surface area (Å²) in [4.78, 5) is 16.0. The van der Waals surface area contributed by atoms with Gasteiger partial charge in [0.15, 0.2) is 5.84 Å². The van der Waals surface area contributed by atoms with E-state index in [0.717, 1.165) is 19.4 Å². The van der Waals surface area contributed by atoms with E-state index in [1.54, 1.807) is 0 Å². The molecule has 2 rings (SSSR count). The molecule has 0 fully saturated rings. The zero-order valence-corrected chi connectivity index (χ0v) is 9.37. The molecular weight excluding hydrogens is 221 g/mol. The van der Waals surface area contributed by atoms with E-state index in [2.05, 4.69) is 15.6 Å². The summed E-state index contributed by atoms with van der Waals surface area (Å²) in [5.74, 6) is -0.252. The third kappa shape index (κ3) is 3.27. The Hall–Kier alpha value is -1.91. The first-order valence-electron chi connectivity index (χ1n) is 5.61. The van der Waals surface area contributed by atoms with Crippen LogP contribution in [-0.2, 0) is 4.79 Å². The number of anilines is 1. The Labute approximate surface area is 98.9 Å². The lowest BCUT2D eigenvalue weighted by atomic mass is 10.3. The van der Waals surface area contributed by atoms with Gasteiger partial charge in [-0.15, -0.1) is 0 Å². The molecule has 1 aliphatic heterocycles. The second kappa shape index (κ2) is 5.43. The second-order valence-corrected chi connectivity index (χ2v) is 3.83. The second-order valence-electron chi connectivity index (χ2n) is 3.83. The largest absolute Gasteiger partial charge is 0.366 e. The number of amidine groups is 1. The third-order valence-corrected chi connectivity index (χ3v) is 2.46. The summed E-state index contributed by atoms with van der Waals surface area (Å²) in [7, 11) is 0. The predicted octanol–water partition coefficient (Wildman–Crippen LogP) is 1.55. The minimum absolute atomic E-state index is 0.279. The number of nitrogens with zero attached hydrogens (tertiary/aromatic N) is 1. The molecule has 0 saturated heterocycles. The first kappa shape index (κ1) is 11.6. The van der Waals surface area contributed by atoms with Gasteiger partial charge in [0.05, 0.1) is 0 Å². The Morgan fingerprint density at radius 2 is 2.06 bits per heavy atom. The van der Waals surface area contributed by atoms with Crippen molar-refractivity contribution >= 4 is 17.4 Å². The quantitative estimate of drug-likeness (QED) is 0.817. The zero-order valence-electron chi connectivity index (χ0n) is 9.37. The van der Waals surface area contributed by atoms with Crippen molar-refractivity contribution in [1.29, 1.82) is 0 Å². The van der Waals surface area contributed by atoms with Crippen molar-refractivity contribution in [2.75, 3.05) is 18.4 Å². The molecule has 1 aromatic rings. The van der Waals surface area contributed by atoms with Crippen molar-refractivity contribution < 1.29 is 9.18 Å². The summed E-state index contributed by atoms with van der Waals surface area (Å²) in [6, 6.07) is 5.64. The van der Waals surface area contributed by atoms with Crippen molar-refractivity contribution in [3.05, 3.63) is 30.1 Å². The highest BCUT2D eigenvalue weighted by Crippen LogP contribution is 2.08. The van der Waals surface area contributed by atoms with Crippen LogP contribution in [0, 0.1) is 5.82 Å². The highest BCUT2D eigenvalue weighted by Gasteiger charge is 2.12. The normalized spacial score (nSPS) is 15.5. The summed E-state index contributed by atoms with van der Waals surface area (Å²) < 4.78 is 12.7. The molecule has 4 nitrogen and oxygen atoms in total. The van der Waals surface area contributed by atoms with E-state index in [9.17, 15) is 9.18 Å². The minimum Gasteiger partial charge on any atom is -0.366 e. The molecule has 0 radical (unpaired) electrons. The summed E-state index contributed by atoms with van der Waals surface area (Å²) in [6.45, 7) is 1.43. The van der Waals surface area contributed by atoms with Crippen LogP contribution in [0.5, 0.6) is 0 Å². The van der Waals surface area contributed by atoms with Gasteiger partial charge in [-0.1, -0.05) is 0 Å². The van der Waals surface area contributed by atoms with Gasteiger partial charge in [-0.2, -0.15) is 0 Å². The molecule has 0 unspecified atom stereocenters. The van der Waals surface area contributed by atoms with E-state index in [1.807, 2.05) is 0 Å². The highest BCUT2D eigenvalue weighted by atomic mass is 19.1. The van der Waals surface area contributed by atoms with E-state index in [1.165, 1.54) is 24.3 Å². The SMILES string of the molecule is O=C(Nc1ccc(F)cc1)C1=NCCCCN1. The molecule has 90 valence electrons. The van der Waals surface area contributed by atoms with Gasteiger partial charge in [0.2, 0.25) is 0 Å². The average molecular weight is 235 g/mol. The van der Waals surface area contributed by atoms with E-state index >= 15 is 0 Å². The lowest BCUT2D eigenvalue weighted by molar-refractivity contribution is -0.110. The molecule has 0 saturated carbocycles. The Balaban J connectivity index is 2.00. The number of nitrogens with one attached hydrogen (secondary N) is 2. The van der Waals surface area contributed by atoms with Crippen LogP contribution >= 0.6 is 0 Å². The first-order valence-corrected chi connectivity index (χ1v) is 5.61. The van der Waals surface area contributed by atoms with Crippen LogP contribution in [0.4, 0.5) is 10.1 Å². The molecule has 17 heavy (non-hydrogen) atoms. The van der Waals surface area contributed by atoms with Gasteiger partial charge in [-0.25, -0.2) is 4.39 Å². The topological polar surface area (TPSA) is 53.5 Å². The number of halogens is 1. The van der Waals surface area contributed by atoms with E-state index < -0.39 is 0 Å². The Morgan fingerprint density at radius 1 is 1.29 bits per heavy atom. The van der Waals surface area contributed by atoms with Gasteiger partial charge in [-0.05, 0) is 37.1 Å². The Kier molecular flexibility index (Phi) is 3.69. The van der Waals surface area contributed by atoms with E-state index in [-0.39, 0.29) is 11.7 Å². The number of carbonyl (C=O) groups excluding carboxylic acids is 1. The van der Waals surface area contributed by atoms with Crippen LogP contribution in [0.3, 0.4) is 0 Å². The number of benzene rings is 1. The van der Waals surface area contributed by atoms with Gasteiger partial charge in [0, 0.05) is 18.8 Å². The van der Waals surface area contributed by atoms with Gasteiger partial charge in [0.1, 0.15) is 5.82 Å². The van der Waals surface area contributed by atoms with Gasteiger partial charge in [-0.3, -0.25) is 9.79 Å². The lowest BCUT2D eigenvalue weighted by Crippen LogP contribution is -2.35. The molecule has 0 spiro atoms. The molecular formula is C12H14FN3O. The standard InChI is InChI=1S/C12H14FN3O/c13-9-3-5-10(6-4-9)16-12(17)11-14-7-1-2-8-15-11/h3-6H,1-2,7-8H2,(H,14,15)(H,16,17). The monoisotopic (exact) mass is 235 g/mol. The number of carbonyl (C=O) groups is 1. The smallest absolute Gasteiger partial charge is 0.290 e. The van der Waals surface area contributed by atoms with Gasteiger partial charge >= 0.3 is 0 Å². The van der Waals surface area contributed by atoms with Crippen LogP contribution in [0.2, 0.25) is 0 Å². The average Bonchev–Trinajstić information content (AvgIpc) is 2.61. The lowest BCUT2D eigenvalue weighted by Gasteiger charge is -2.07.